The van der Waals surface area contributed by atoms with Crippen LogP contribution < -0.4 is 18.9 Å². The van der Waals surface area contributed by atoms with Gasteiger partial charge in [-0.2, -0.15) is 5.10 Å². The third-order valence-corrected chi connectivity index (χ3v) is 5.64. The molecule has 0 aliphatic rings. The average molecular weight is 481 g/mol. The first-order chi connectivity index (χ1) is 16.8. The van der Waals surface area contributed by atoms with Crippen molar-refractivity contribution in [3.05, 3.63) is 63.6 Å². The third kappa shape index (κ3) is 4.09. The number of carbonyl (C=O) groups excluding carboxylic acids is 1. The molecule has 2 aromatic carbocycles. The van der Waals surface area contributed by atoms with Crippen LogP contribution in [0.25, 0.3) is 10.9 Å². The highest BCUT2D eigenvalue weighted by atomic mass is 16.6. The first kappa shape index (κ1) is 23.5. The van der Waals surface area contributed by atoms with E-state index in [1.807, 2.05) is 0 Å². The molecule has 182 valence electrons. The fourth-order valence-corrected chi connectivity index (χ4v) is 3.82. The Morgan fingerprint density at radius 2 is 1.71 bits per heavy atom. The second kappa shape index (κ2) is 9.33. The van der Waals surface area contributed by atoms with E-state index < -0.39 is 4.92 Å². The van der Waals surface area contributed by atoms with E-state index in [2.05, 4.69) is 10.1 Å². The van der Waals surface area contributed by atoms with E-state index >= 15 is 0 Å². The fourth-order valence-electron chi connectivity index (χ4n) is 3.82. The van der Waals surface area contributed by atoms with Crippen LogP contribution in [0, 0.1) is 10.1 Å². The van der Waals surface area contributed by atoms with Crippen LogP contribution in [0.2, 0.25) is 0 Å². The van der Waals surface area contributed by atoms with Crippen LogP contribution in [-0.2, 0) is 13.6 Å². The standard InChI is InChI=1S/C23H23N5O7/c1-26-14(11-24-23(26)28(30)31)12-27-17-10-15(32-2)6-7-16(17)20(25-27)21(29)13-8-18(33-3)22(35-5)19(9-13)34-4/h6-11H,12H2,1-5H3. The van der Waals surface area contributed by atoms with Crippen molar-refractivity contribution in [3.8, 4) is 23.0 Å². The zero-order valence-corrected chi connectivity index (χ0v) is 19.8. The van der Waals surface area contributed by atoms with Gasteiger partial charge in [0, 0.05) is 17.0 Å². The SMILES string of the molecule is COc1ccc2c(C(=O)c3cc(OC)c(OC)c(OC)c3)nn(Cc3cnc([N+](=O)[O-])n3C)c2c1. The summed E-state index contributed by atoms with van der Waals surface area (Å²) >= 11 is 0. The number of fused-ring (bicyclic) bond motifs is 1. The van der Waals surface area contributed by atoms with Gasteiger partial charge >= 0.3 is 5.95 Å². The Labute approximate surface area is 199 Å². The van der Waals surface area contributed by atoms with Crippen LogP contribution in [-0.4, -0.2) is 58.5 Å². The number of nitrogens with zero attached hydrogens (tertiary/aromatic N) is 5. The van der Waals surface area contributed by atoms with Crippen LogP contribution >= 0.6 is 0 Å². The zero-order valence-electron chi connectivity index (χ0n) is 19.8. The van der Waals surface area contributed by atoms with Gasteiger partial charge in [0.15, 0.2) is 11.5 Å². The second-order valence-corrected chi connectivity index (χ2v) is 7.50. The van der Waals surface area contributed by atoms with Gasteiger partial charge < -0.3 is 29.1 Å². The smallest absolute Gasteiger partial charge is 0.434 e. The number of ether oxygens (including phenoxy) is 4. The molecule has 0 spiro atoms. The van der Waals surface area contributed by atoms with Crippen molar-refractivity contribution in [3.63, 3.8) is 0 Å². The Bertz CT molecular complexity index is 1410. The molecule has 0 saturated carbocycles. The van der Waals surface area contributed by atoms with Crippen LogP contribution in [0.4, 0.5) is 5.95 Å². The molecule has 0 aliphatic carbocycles. The second-order valence-electron chi connectivity index (χ2n) is 7.50. The summed E-state index contributed by atoms with van der Waals surface area (Å²) in [6, 6.07) is 8.34. The molecule has 4 aromatic rings. The first-order valence-electron chi connectivity index (χ1n) is 10.4. The van der Waals surface area contributed by atoms with E-state index in [-0.39, 0.29) is 29.5 Å². The summed E-state index contributed by atoms with van der Waals surface area (Å²) in [5, 5.41) is 16.4. The number of nitro groups is 1. The Kier molecular flexibility index (Phi) is 6.28. The molecule has 0 saturated heterocycles. The molecule has 12 nitrogen and oxygen atoms in total. The van der Waals surface area contributed by atoms with Crippen molar-refractivity contribution in [1.29, 1.82) is 0 Å². The maximum atomic E-state index is 13.6. The Morgan fingerprint density at radius 1 is 1.03 bits per heavy atom. The predicted octanol–water partition coefficient (Wildman–Crippen LogP) is 2.99. The number of carbonyl (C=O) groups is 1. The quantitative estimate of drug-likeness (QED) is 0.201. The largest absolute Gasteiger partial charge is 0.497 e. The van der Waals surface area contributed by atoms with E-state index in [1.165, 1.54) is 39.2 Å². The molecule has 0 unspecified atom stereocenters. The summed E-state index contributed by atoms with van der Waals surface area (Å²) in [7, 11) is 7.50. The molecule has 2 aromatic heterocycles. The minimum Gasteiger partial charge on any atom is -0.497 e. The van der Waals surface area contributed by atoms with Gasteiger partial charge in [0.1, 0.15) is 23.3 Å². The molecule has 0 amide bonds. The molecule has 0 N–H and O–H groups in total. The van der Waals surface area contributed by atoms with E-state index in [1.54, 1.807) is 42.1 Å². The fraction of sp³-hybridized carbons (Fsp3) is 0.261. The lowest BCUT2D eigenvalue weighted by Crippen LogP contribution is -2.10. The zero-order chi connectivity index (χ0) is 25.3. The highest BCUT2D eigenvalue weighted by Gasteiger charge is 2.25. The van der Waals surface area contributed by atoms with Crippen molar-refractivity contribution in [1.82, 2.24) is 19.3 Å². The van der Waals surface area contributed by atoms with Gasteiger partial charge in [0.25, 0.3) is 0 Å². The summed E-state index contributed by atoms with van der Waals surface area (Å²) in [6.07, 6.45) is 1.41. The van der Waals surface area contributed by atoms with E-state index in [0.29, 0.717) is 39.6 Å². The van der Waals surface area contributed by atoms with Crippen molar-refractivity contribution in [2.75, 3.05) is 28.4 Å². The van der Waals surface area contributed by atoms with E-state index in [0.717, 1.165) is 0 Å². The average Bonchev–Trinajstić information content (AvgIpc) is 3.42. The number of rotatable bonds is 9. The highest BCUT2D eigenvalue weighted by Crippen LogP contribution is 2.39. The molecule has 0 aliphatic heterocycles. The number of ketones is 1. The van der Waals surface area contributed by atoms with Crippen molar-refractivity contribution >= 4 is 22.6 Å². The Hall–Kier alpha value is -4.61. The highest BCUT2D eigenvalue weighted by molar-refractivity contribution is 6.15. The van der Waals surface area contributed by atoms with Gasteiger partial charge in [-0.1, -0.05) is 4.98 Å². The minimum atomic E-state index is -0.562. The van der Waals surface area contributed by atoms with Crippen molar-refractivity contribution in [2.24, 2.45) is 7.05 Å². The minimum absolute atomic E-state index is 0.142. The molecule has 12 heteroatoms. The maximum Gasteiger partial charge on any atom is 0.434 e. The molecule has 0 atom stereocenters. The number of hydrogen-bond acceptors (Lipinski definition) is 9. The number of methoxy groups -OCH3 is 4. The topological polar surface area (TPSA) is 133 Å². The monoisotopic (exact) mass is 481 g/mol. The van der Waals surface area contributed by atoms with Gasteiger partial charge in [-0.3, -0.25) is 9.48 Å². The molecule has 0 fully saturated rings. The van der Waals surface area contributed by atoms with Crippen LogP contribution in [0.15, 0.2) is 36.5 Å². The summed E-state index contributed by atoms with van der Waals surface area (Å²) in [5.74, 6) is 0.952. The molecule has 0 bridgehead atoms. The lowest BCUT2D eigenvalue weighted by molar-refractivity contribution is -0.396. The summed E-state index contributed by atoms with van der Waals surface area (Å²) in [4.78, 5) is 28.1. The number of benzene rings is 2. The maximum absolute atomic E-state index is 13.6. The van der Waals surface area contributed by atoms with E-state index in [4.69, 9.17) is 18.9 Å². The normalized spacial score (nSPS) is 10.9. The summed E-state index contributed by atoms with van der Waals surface area (Å²) in [5.41, 5.74) is 1.63. The van der Waals surface area contributed by atoms with Gasteiger partial charge in [-0.05, 0) is 29.2 Å². The van der Waals surface area contributed by atoms with E-state index in [9.17, 15) is 14.9 Å². The lowest BCUT2D eigenvalue weighted by atomic mass is 10.0. The van der Waals surface area contributed by atoms with Gasteiger partial charge in [0.2, 0.25) is 11.5 Å². The van der Waals surface area contributed by atoms with Gasteiger partial charge in [-0.15, -0.1) is 0 Å². The van der Waals surface area contributed by atoms with Crippen LogP contribution in [0.5, 0.6) is 23.0 Å². The van der Waals surface area contributed by atoms with Crippen molar-refractivity contribution < 1.29 is 28.7 Å². The first-order valence-corrected chi connectivity index (χ1v) is 10.4. The lowest BCUT2D eigenvalue weighted by Gasteiger charge is -2.13. The number of hydrogen-bond donors (Lipinski definition) is 0. The molecule has 35 heavy (non-hydrogen) atoms. The molecule has 0 radical (unpaired) electrons. The number of aromatic nitrogens is 4. The summed E-state index contributed by atoms with van der Waals surface area (Å²) < 4.78 is 24.4. The molecule has 2 heterocycles. The predicted molar refractivity (Wildman–Crippen MR) is 125 cm³/mol. The Balaban J connectivity index is 1.85. The van der Waals surface area contributed by atoms with Crippen LogP contribution in [0.1, 0.15) is 21.7 Å². The molecular weight excluding hydrogens is 458 g/mol. The molecule has 4 rings (SSSR count). The van der Waals surface area contributed by atoms with Crippen LogP contribution in [0.3, 0.4) is 0 Å². The Morgan fingerprint density at radius 3 is 2.26 bits per heavy atom. The summed E-state index contributed by atoms with van der Waals surface area (Å²) in [6.45, 7) is 0.142. The van der Waals surface area contributed by atoms with Gasteiger partial charge in [0.05, 0.1) is 47.5 Å². The van der Waals surface area contributed by atoms with Gasteiger partial charge in [-0.25, -0.2) is 4.57 Å². The van der Waals surface area contributed by atoms with Crippen molar-refractivity contribution in [2.45, 2.75) is 6.54 Å². The number of imidazole rings is 1. The third-order valence-electron chi connectivity index (χ3n) is 5.64. The molecular formula is C23H23N5O7.